The first-order chi connectivity index (χ1) is 27.7. The Morgan fingerprint density at radius 2 is 0.589 bits per heavy atom. The van der Waals surface area contributed by atoms with Gasteiger partial charge in [0.25, 0.3) is 0 Å². The fourth-order valence-electron chi connectivity index (χ4n) is 9.12. The van der Waals surface area contributed by atoms with Gasteiger partial charge in [-0.3, -0.25) is 0 Å². The van der Waals surface area contributed by atoms with Gasteiger partial charge in [0.05, 0.1) is 0 Å². The normalized spacial score (nSPS) is 12.2. The van der Waals surface area contributed by atoms with Crippen molar-refractivity contribution < 1.29 is 0 Å². The largest absolute Gasteiger partial charge is 0.0654 e. The van der Waals surface area contributed by atoms with Gasteiger partial charge in [0.2, 0.25) is 0 Å². The Morgan fingerprint density at radius 1 is 0.304 bits per heavy atom. The minimum atomic E-state index is 1.13. The van der Waals surface area contributed by atoms with Crippen molar-refractivity contribution >= 4 is 88.9 Å². The zero-order valence-corrected chi connectivity index (χ0v) is 32.8. The molecule has 0 aliphatic heterocycles. The second kappa shape index (κ2) is 16.0. The van der Waals surface area contributed by atoms with Crippen LogP contribution < -0.4 is 0 Å². The second-order valence-corrected chi connectivity index (χ2v) is 15.6. The third kappa shape index (κ3) is 6.79. The van der Waals surface area contributed by atoms with E-state index in [2.05, 4.69) is 184 Å². The van der Waals surface area contributed by atoms with Gasteiger partial charge >= 0.3 is 0 Å². The van der Waals surface area contributed by atoms with Crippen LogP contribution >= 0.6 is 0 Å². The standard InChI is InChI=1S/C56H50/c1-3-5-7-19-39-37-55-53(33-31-51-45-25-13-9-21-41(45)35-42-22-10-14-26-46(42)51)49-29-17-18-30-50(49)54(56(55)38-40(39)20-8-6-4-2)34-32-52-47-27-15-11-23-43(47)36-44-24-12-16-28-48(44)52/h9-18,21-38H,3-8,19-20H2,1-2H3. The first-order valence-corrected chi connectivity index (χ1v) is 20.9. The number of unbranched alkanes of at least 4 members (excludes halogenated alkanes) is 4. The maximum atomic E-state index is 2.59. The van der Waals surface area contributed by atoms with Crippen LogP contribution in [-0.2, 0) is 12.8 Å². The molecule has 0 nitrogen and oxygen atoms in total. The molecule has 9 aromatic rings. The SMILES string of the molecule is CCCCCc1cc2c(C=Cc3c4ccccc4cc4ccccc34)c3ccccc3c(C=Cc3c4ccccc4cc4ccccc34)c2cc1CCCCC. The van der Waals surface area contributed by atoms with Gasteiger partial charge < -0.3 is 0 Å². The van der Waals surface area contributed by atoms with E-state index < -0.39 is 0 Å². The molecule has 0 saturated heterocycles. The van der Waals surface area contributed by atoms with Gasteiger partial charge in [-0.05, 0) is 136 Å². The zero-order valence-electron chi connectivity index (χ0n) is 32.8. The summed E-state index contributed by atoms with van der Waals surface area (Å²) in [5, 5.41) is 15.5. The van der Waals surface area contributed by atoms with E-state index in [0.717, 1.165) is 12.8 Å². The van der Waals surface area contributed by atoms with Crippen LogP contribution in [0.2, 0.25) is 0 Å². The Labute approximate surface area is 331 Å². The lowest BCUT2D eigenvalue weighted by Gasteiger charge is -2.18. The summed E-state index contributed by atoms with van der Waals surface area (Å²) in [6.45, 7) is 4.62. The smallest absolute Gasteiger partial charge is 0.00960 e. The maximum Gasteiger partial charge on any atom is -0.00960 e. The van der Waals surface area contributed by atoms with Crippen molar-refractivity contribution in [3.05, 3.63) is 179 Å². The van der Waals surface area contributed by atoms with Crippen LogP contribution in [0.4, 0.5) is 0 Å². The molecule has 274 valence electrons. The zero-order chi connectivity index (χ0) is 37.8. The lowest BCUT2D eigenvalue weighted by molar-refractivity contribution is 0.694. The molecule has 0 heterocycles. The van der Waals surface area contributed by atoms with Crippen molar-refractivity contribution in [2.45, 2.75) is 65.2 Å². The Kier molecular flexibility index (Phi) is 10.2. The number of rotatable bonds is 12. The molecular formula is C56H50. The minimum absolute atomic E-state index is 1.13. The number of hydrogen-bond acceptors (Lipinski definition) is 0. The fraction of sp³-hybridized carbons (Fsp3) is 0.179. The predicted molar refractivity (Wildman–Crippen MR) is 249 cm³/mol. The first kappa shape index (κ1) is 35.7. The molecule has 0 aliphatic carbocycles. The summed E-state index contributed by atoms with van der Waals surface area (Å²) in [5.74, 6) is 0. The average Bonchev–Trinajstić information content (AvgIpc) is 3.24. The van der Waals surface area contributed by atoms with E-state index in [1.165, 1.54) is 137 Å². The number of benzene rings is 9. The maximum absolute atomic E-state index is 2.59. The van der Waals surface area contributed by atoms with Gasteiger partial charge in [0.1, 0.15) is 0 Å². The van der Waals surface area contributed by atoms with Crippen LogP contribution in [0.1, 0.15) is 85.8 Å². The molecule has 0 heteroatoms. The van der Waals surface area contributed by atoms with Crippen molar-refractivity contribution in [1.82, 2.24) is 0 Å². The van der Waals surface area contributed by atoms with Gasteiger partial charge in [0, 0.05) is 0 Å². The molecule has 0 aliphatic rings. The monoisotopic (exact) mass is 722 g/mol. The van der Waals surface area contributed by atoms with Crippen LogP contribution in [0.3, 0.4) is 0 Å². The van der Waals surface area contributed by atoms with Gasteiger partial charge in [-0.25, -0.2) is 0 Å². The summed E-state index contributed by atoms with van der Waals surface area (Å²) in [7, 11) is 0. The molecule has 0 fully saturated rings. The lowest BCUT2D eigenvalue weighted by atomic mass is 9.86. The second-order valence-electron chi connectivity index (χ2n) is 15.6. The van der Waals surface area contributed by atoms with Crippen molar-refractivity contribution in [3.63, 3.8) is 0 Å². The number of aryl methyl sites for hydroxylation is 2. The average molecular weight is 723 g/mol. The van der Waals surface area contributed by atoms with E-state index in [1.54, 1.807) is 0 Å². The highest BCUT2D eigenvalue weighted by Crippen LogP contribution is 2.40. The summed E-state index contributed by atoms with van der Waals surface area (Å²) in [5.41, 5.74) is 8.22. The molecule has 0 bridgehead atoms. The first-order valence-electron chi connectivity index (χ1n) is 20.9. The quantitative estimate of drug-likeness (QED) is 0.0669. The number of hydrogen-bond donors (Lipinski definition) is 0. The van der Waals surface area contributed by atoms with E-state index in [9.17, 15) is 0 Å². The van der Waals surface area contributed by atoms with Gasteiger partial charge in [-0.2, -0.15) is 0 Å². The van der Waals surface area contributed by atoms with E-state index >= 15 is 0 Å². The fourth-order valence-corrected chi connectivity index (χ4v) is 9.12. The molecule has 9 rings (SSSR count). The predicted octanol–water partition coefficient (Wildman–Crippen LogP) is 16.4. The van der Waals surface area contributed by atoms with Crippen molar-refractivity contribution in [1.29, 1.82) is 0 Å². The topological polar surface area (TPSA) is 0 Å². The van der Waals surface area contributed by atoms with Crippen molar-refractivity contribution in [2.75, 3.05) is 0 Å². The summed E-state index contributed by atoms with van der Waals surface area (Å²) >= 11 is 0. The third-order valence-electron chi connectivity index (χ3n) is 12.0. The highest BCUT2D eigenvalue weighted by atomic mass is 14.2. The summed E-state index contributed by atoms with van der Waals surface area (Å²) in [4.78, 5) is 0. The van der Waals surface area contributed by atoms with E-state index in [4.69, 9.17) is 0 Å². The molecule has 0 radical (unpaired) electrons. The number of fused-ring (bicyclic) bond motifs is 6. The van der Waals surface area contributed by atoms with Gasteiger partial charge in [-0.15, -0.1) is 0 Å². The van der Waals surface area contributed by atoms with E-state index in [0.29, 0.717) is 0 Å². The molecule has 0 aromatic heterocycles. The third-order valence-corrected chi connectivity index (χ3v) is 12.0. The molecule has 0 atom stereocenters. The molecule has 56 heavy (non-hydrogen) atoms. The Balaban J connectivity index is 1.32. The Morgan fingerprint density at radius 3 is 0.911 bits per heavy atom. The molecule has 0 amide bonds. The van der Waals surface area contributed by atoms with Crippen molar-refractivity contribution in [2.24, 2.45) is 0 Å². The molecular weight excluding hydrogens is 673 g/mol. The molecule has 0 N–H and O–H groups in total. The van der Waals surface area contributed by atoms with E-state index in [1.807, 2.05) is 0 Å². The van der Waals surface area contributed by atoms with Crippen LogP contribution in [0.5, 0.6) is 0 Å². The molecule has 0 spiro atoms. The van der Waals surface area contributed by atoms with Crippen molar-refractivity contribution in [3.8, 4) is 0 Å². The molecule has 9 aromatic carbocycles. The van der Waals surface area contributed by atoms with E-state index in [-0.39, 0.29) is 0 Å². The lowest BCUT2D eigenvalue weighted by Crippen LogP contribution is -1.99. The Hall–Kier alpha value is -5.98. The van der Waals surface area contributed by atoms with Gasteiger partial charge in [-0.1, -0.05) is 197 Å². The minimum Gasteiger partial charge on any atom is -0.0654 e. The highest BCUT2D eigenvalue weighted by Gasteiger charge is 2.16. The summed E-state index contributed by atoms with van der Waals surface area (Å²) < 4.78 is 0. The van der Waals surface area contributed by atoms with Crippen LogP contribution in [0.25, 0.3) is 88.9 Å². The van der Waals surface area contributed by atoms with Crippen LogP contribution in [0.15, 0.2) is 146 Å². The van der Waals surface area contributed by atoms with Crippen LogP contribution in [-0.4, -0.2) is 0 Å². The molecule has 0 saturated carbocycles. The van der Waals surface area contributed by atoms with Crippen LogP contribution in [0, 0.1) is 0 Å². The van der Waals surface area contributed by atoms with Gasteiger partial charge in [0.15, 0.2) is 0 Å². The molecule has 0 unspecified atom stereocenters. The summed E-state index contributed by atoms with van der Waals surface area (Å²) in [6.07, 6.45) is 19.3. The highest BCUT2D eigenvalue weighted by molar-refractivity contribution is 6.17. The Bertz CT molecular complexity index is 2630. The summed E-state index contributed by atoms with van der Waals surface area (Å²) in [6, 6.07) is 54.3.